The molecule has 1 atom stereocenters. The largest absolute Gasteiger partial charge is 0.467 e. The quantitative estimate of drug-likeness (QED) is 0.514. The second-order valence-electron chi connectivity index (χ2n) is 8.23. The van der Waals surface area contributed by atoms with E-state index in [-0.39, 0.29) is 18.4 Å². The molecule has 0 aliphatic carbocycles. The summed E-state index contributed by atoms with van der Waals surface area (Å²) in [7, 11) is 2.76. The zero-order valence-corrected chi connectivity index (χ0v) is 19.3. The molecule has 34 heavy (non-hydrogen) atoms. The summed E-state index contributed by atoms with van der Waals surface area (Å²) in [6, 6.07) is 12.8. The summed E-state index contributed by atoms with van der Waals surface area (Å²) in [6.45, 7) is 0.971. The van der Waals surface area contributed by atoms with Gasteiger partial charge in [0, 0.05) is 25.9 Å². The van der Waals surface area contributed by atoms with Crippen LogP contribution in [0.3, 0.4) is 0 Å². The molecular weight excluding hydrogens is 436 g/mol. The number of likely N-dealkylation sites (tertiary alicyclic amines) is 1. The van der Waals surface area contributed by atoms with E-state index in [0.29, 0.717) is 48.2 Å². The number of amides is 2. The van der Waals surface area contributed by atoms with Gasteiger partial charge in [-0.1, -0.05) is 30.3 Å². The van der Waals surface area contributed by atoms with Gasteiger partial charge in [-0.3, -0.25) is 9.59 Å². The number of carbonyl (C=O) groups excluding carboxylic acids is 3. The average Bonchev–Trinajstić information content (AvgIpc) is 3.49. The van der Waals surface area contributed by atoms with E-state index in [9.17, 15) is 14.4 Å². The standard InChI is InChI=1S/C25H28N4O5/c1-33-15-22(30)27-18-13-19(24(31)29-11-6-9-21(29)25(32)34-2)23-20(14-18)26-16-28(23)12-10-17-7-4-3-5-8-17/h3-5,7-8,13-14,16,21H,6,9-12,15H2,1-2H3,(H,27,30)/t21-/m0/s1. The Morgan fingerprint density at radius 3 is 2.68 bits per heavy atom. The van der Waals surface area contributed by atoms with Gasteiger partial charge in [0.1, 0.15) is 12.6 Å². The molecule has 0 saturated carbocycles. The number of hydrogen-bond acceptors (Lipinski definition) is 6. The summed E-state index contributed by atoms with van der Waals surface area (Å²) in [5.74, 6) is -1.05. The van der Waals surface area contributed by atoms with Crippen molar-refractivity contribution in [3.8, 4) is 0 Å². The van der Waals surface area contributed by atoms with Crippen molar-refractivity contribution in [1.82, 2.24) is 14.5 Å². The van der Waals surface area contributed by atoms with Crippen LogP contribution < -0.4 is 5.32 Å². The zero-order chi connectivity index (χ0) is 24.1. The molecule has 0 radical (unpaired) electrons. The van der Waals surface area contributed by atoms with E-state index in [1.54, 1.807) is 23.4 Å². The van der Waals surface area contributed by atoms with Crippen LogP contribution in [0.25, 0.3) is 11.0 Å². The molecule has 2 aromatic carbocycles. The molecule has 178 valence electrons. The lowest BCUT2D eigenvalue weighted by Gasteiger charge is -2.23. The summed E-state index contributed by atoms with van der Waals surface area (Å²) < 4.78 is 11.8. The lowest BCUT2D eigenvalue weighted by Crippen LogP contribution is -2.41. The molecule has 4 rings (SSSR count). The van der Waals surface area contributed by atoms with Crippen molar-refractivity contribution in [2.75, 3.05) is 32.7 Å². The van der Waals surface area contributed by atoms with Gasteiger partial charge in [0.25, 0.3) is 5.91 Å². The van der Waals surface area contributed by atoms with E-state index in [4.69, 9.17) is 9.47 Å². The fraction of sp³-hybridized carbons (Fsp3) is 0.360. The first kappa shape index (κ1) is 23.4. The van der Waals surface area contributed by atoms with Gasteiger partial charge < -0.3 is 24.3 Å². The highest BCUT2D eigenvalue weighted by Crippen LogP contribution is 2.28. The average molecular weight is 465 g/mol. The molecule has 9 heteroatoms. The Bertz CT molecular complexity index is 1190. The minimum atomic E-state index is -0.625. The molecule has 9 nitrogen and oxygen atoms in total. The van der Waals surface area contributed by atoms with E-state index in [1.807, 2.05) is 22.8 Å². The molecule has 0 bridgehead atoms. The van der Waals surface area contributed by atoms with Crippen molar-refractivity contribution >= 4 is 34.5 Å². The van der Waals surface area contributed by atoms with Gasteiger partial charge in [-0.05, 0) is 37.0 Å². The number of esters is 1. The molecule has 1 N–H and O–H groups in total. The van der Waals surface area contributed by atoms with Gasteiger partial charge in [0.05, 0.1) is 30.0 Å². The number of nitrogens with one attached hydrogen (secondary N) is 1. The third-order valence-corrected chi connectivity index (χ3v) is 5.97. The third-order valence-electron chi connectivity index (χ3n) is 5.97. The van der Waals surface area contributed by atoms with Crippen LogP contribution in [-0.2, 0) is 32.0 Å². The van der Waals surface area contributed by atoms with Crippen molar-refractivity contribution < 1.29 is 23.9 Å². The highest BCUT2D eigenvalue weighted by Gasteiger charge is 2.36. The summed E-state index contributed by atoms with van der Waals surface area (Å²) in [4.78, 5) is 44.2. The number of hydrogen-bond donors (Lipinski definition) is 1. The predicted octanol–water partition coefficient (Wildman–Crippen LogP) is 2.64. The maximum atomic E-state index is 13.7. The van der Waals surface area contributed by atoms with E-state index in [1.165, 1.54) is 19.8 Å². The number of aryl methyl sites for hydroxylation is 2. The topological polar surface area (TPSA) is 103 Å². The second-order valence-corrected chi connectivity index (χ2v) is 8.23. The molecule has 3 aromatic rings. The minimum Gasteiger partial charge on any atom is -0.467 e. The molecule has 1 fully saturated rings. The number of aromatic nitrogens is 2. The van der Waals surface area contributed by atoms with Gasteiger partial charge in [-0.2, -0.15) is 0 Å². The molecule has 2 amide bonds. The number of methoxy groups -OCH3 is 2. The first-order valence-electron chi connectivity index (χ1n) is 11.2. The smallest absolute Gasteiger partial charge is 0.328 e. The Morgan fingerprint density at radius 2 is 1.94 bits per heavy atom. The van der Waals surface area contributed by atoms with Crippen LogP contribution in [0.4, 0.5) is 5.69 Å². The molecule has 1 aliphatic rings. The number of imidazole rings is 1. The number of benzene rings is 2. The van der Waals surface area contributed by atoms with Crippen molar-refractivity contribution in [2.45, 2.75) is 31.8 Å². The van der Waals surface area contributed by atoms with E-state index >= 15 is 0 Å². The first-order valence-corrected chi connectivity index (χ1v) is 11.2. The normalized spacial score (nSPS) is 15.5. The Kier molecular flexibility index (Phi) is 7.22. The Labute approximate surface area is 197 Å². The highest BCUT2D eigenvalue weighted by molar-refractivity contribution is 6.08. The van der Waals surface area contributed by atoms with Gasteiger partial charge in [-0.15, -0.1) is 0 Å². The number of anilines is 1. The van der Waals surface area contributed by atoms with Gasteiger partial charge >= 0.3 is 5.97 Å². The Balaban J connectivity index is 1.72. The van der Waals surface area contributed by atoms with Gasteiger partial charge in [0.15, 0.2) is 0 Å². The second kappa shape index (κ2) is 10.5. The summed E-state index contributed by atoms with van der Waals surface area (Å²) >= 11 is 0. The lowest BCUT2D eigenvalue weighted by molar-refractivity contribution is -0.145. The first-order chi connectivity index (χ1) is 16.5. The van der Waals surface area contributed by atoms with Crippen LogP contribution in [0.15, 0.2) is 48.8 Å². The summed E-state index contributed by atoms with van der Waals surface area (Å²) in [5, 5.41) is 2.76. The SMILES string of the molecule is COCC(=O)Nc1cc(C(=O)N2CCC[C@H]2C(=O)OC)c2c(c1)ncn2CCc1ccccc1. The van der Waals surface area contributed by atoms with Gasteiger partial charge in [0.2, 0.25) is 5.91 Å². The number of carbonyl (C=O) groups is 3. The van der Waals surface area contributed by atoms with E-state index in [0.717, 1.165) is 6.42 Å². The molecule has 1 aliphatic heterocycles. The van der Waals surface area contributed by atoms with Crippen LogP contribution in [0.5, 0.6) is 0 Å². The fourth-order valence-corrected chi connectivity index (χ4v) is 4.38. The van der Waals surface area contributed by atoms with Crippen LogP contribution in [0.1, 0.15) is 28.8 Å². The third kappa shape index (κ3) is 4.94. The van der Waals surface area contributed by atoms with E-state index < -0.39 is 12.0 Å². The van der Waals surface area contributed by atoms with Crippen molar-refractivity contribution in [2.24, 2.45) is 0 Å². The van der Waals surface area contributed by atoms with Crippen LogP contribution in [0, 0.1) is 0 Å². The molecule has 1 aromatic heterocycles. The number of ether oxygens (including phenoxy) is 2. The monoisotopic (exact) mass is 464 g/mol. The summed E-state index contributed by atoms with van der Waals surface area (Å²) in [5.41, 5.74) is 3.25. The predicted molar refractivity (Wildman–Crippen MR) is 126 cm³/mol. The number of rotatable bonds is 8. The van der Waals surface area contributed by atoms with E-state index in [2.05, 4.69) is 22.4 Å². The molecule has 0 spiro atoms. The molecule has 1 saturated heterocycles. The molecule has 0 unspecified atom stereocenters. The van der Waals surface area contributed by atoms with Crippen molar-refractivity contribution in [3.63, 3.8) is 0 Å². The molecule has 2 heterocycles. The molecular formula is C25H28N4O5. The Hall–Kier alpha value is -3.72. The van der Waals surface area contributed by atoms with Crippen LogP contribution in [-0.4, -0.2) is 65.6 Å². The Morgan fingerprint density at radius 1 is 1.15 bits per heavy atom. The fourth-order valence-electron chi connectivity index (χ4n) is 4.38. The maximum Gasteiger partial charge on any atom is 0.328 e. The lowest BCUT2D eigenvalue weighted by atomic mass is 10.1. The maximum absolute atomic E-state index is 13.7. The number of nitrogens with zero attached hydrogens (tertiary/aromatic N) is 3. The van der Waals surface area contributed by atoms with Crippen LogP contribution in [0.2, 0.25) is 0 Å². The number of fused-ring (bicyclic) bond motifs is 1. The minimum absolute atomic E-state index is 0.108. The zero-order valence-electron chi connectivity index (χ0n) is 19.3. The van der Waals surface area contributed by atoms with Crippen LogP contribution >= 0.6 is 0 Å². The van der Waals surface area contributed by atoms with Crippen molar-refractivity contribution in [1.29, 1.82) is 0 Å². The summed E-state index contributed by atoms with van der Waals surface area (Å²) in [6.07, 6.45) is 3.74. The highest BCUT2D eigenvalue weighted by atomic mass is 16.5. The van der Waals surface area contributed by atoms with Crippen molar-refractivity contribution in [3.05, 3.63) is 59.9 Å². The van der Waals surface area contributed by atoms with Gasteiger partial charge in [-0.25, -0.2) is 9.78 Å².